The number of aromatic hydroxyl groups is 1. The standard InChI is InChI=1S/C54H90O3/c1-43(2)36-30-25-21-17-13-9-11-15-19-23-27-34-40-48(55)51-47(45(5)6)42-50(57)53(54(7,8)46-38-32-29-33-39-46)52(51)49(56)41-35-28-24-20-16-12-10-14-18-22-26-31-37-44(3)4/h29,32-33,38-39,42-45,57H,9-28,30-31,34-37,40-41H2,1-8H3. The molecule has 2 aromatic rings. The van der Waals surface area contributed by atoms with Gasteiger partial charge in [-0.1, -0.05) is 240 Å². The van der Waals surface area contributed by atoms with Crippen LogP contribution < -0.4 is 0 Å². The minimum absolute atomic E-state index is 0.0131. The minimum Gasteiger partial charge on any atom is -0.508 e. The third-order valence-corrected chi connectivity index (χ3v) is 12.5. The van der Waals surface area contributed by atoms with Gasteiger partial charge in [0, 0.05) is 34.9 Å². The van der Waals surface area contributed by atoms with Gasteiger partial charge in [-0.15, -0.1) is 0 Å². The van der Waals surface area contributed by atoms with Gasteiger partial charge in [0.05, 0.1) is 0 Å². The van der Waals surface area contributed by atoms with Gasteiger partial charge in [-0.05, 0) is 47.8 Å². The summed E-state index contributed by atoms with van der Waals surface area (Å²) >= 11 is 0. The first-order chi connectivity index (χ1) is 27.4. The zero-order valence-corrected chi connectivity index (χ0v) is 38.8. The molecule has 0 aliphatic rings. The number of ketones is 2. The first kappa shape index (κ1) is 50.7. The van der Waals surface area contributed by atoms with Gasteiger partial charge in [-0.2, -0.15) is 0 Å². The Morgan fingerprint density at radius 1 is 0.491 bits per heavy atom. The molecule has 0 aliphatic carbocycles. The molecule has 3 heteroatoms. The van der Waals surface area contributed by atoms with E-state index >= 15 is 0 Å². The van der Waals surface area contributed by atoms with Crippen LogP contribution in [0.15, 0.2) is 36.4 Å². The van der Waals surface area contributed by atoms with Crippen molar-refractivity contribution in [3.8, 4) is 5.75 Å². The summed E-state index contributed by atoms with van der Waals surface area (Å²) in [6.07, 6.45) is 33.8. The number of hydrogen-bond acceptors (Lipinski definition) is 3. The second-order valence-corrected chi connectivity index (χ2v) is 19.5. The van der Waals surface area contributed by atoms with Gasteiger partial charge in [-0.3, -0.25) is 9.59 Å². The van der Waals surface area contributed by atoms with Crippen LogP contribution >= 0.6 is 0 Å². The van der Waals surface area contributed by atoms with Gasteiger partial charge < -0.3 is 5.11 Å². The highest BCUT2D eigenvalue weighted by atomic mass is 16.3. The molecule has 2 rings (SSSR count). The van der Waals surface area contributed by atoms with E-state index in [-0.39, 0.29) is 23.2 Å². The molecule has 324 valence electrons. The molecule has 0 radical (unpaired) electrons. The number of benzene rings is 2. The monoisotopic (exact) mass is 787 g/mol. The summed E-state index contributed by atoms with van der Waals surface area (Å²) in [4.78, 5) is 28.8. The number of carbonyl (C=O) groups is 2. The number of hydrogen-bond donors (Lipinski definition) is 1. The van der Waals surface area contributed by atoms with Crippen LogP contribution in [0.25, 0.3) is 0 Å². The van der Waals surface area contributed by atoms with E-state index in [4.69, 9.17) is 0 Å². The summed E-state index contributed by atoms with van der Waals surface area (Å²) in [5.74, 6) is 1.89. The van der Waals surface area contributed by atoms with E-state index in [1.807, 2.05) is 18.2 Å². The van der Waals surface area contributed by atoms with E-state index < -0.39 is 5.41 Å². The van der Waals surface area contributed by atoms with E-state index in [0.717, 1.165) is 61.5 Å². The van der Waals surface area contributed by atoms with Crippen LogP contribution in [0.1, 0.15) is 278 Å². The van der Waals surface area contributed by atoms with E-state index in [1.165, 1.54) is 128 Å². The largest absolute Gasteiger partial charge is 0.508 e. The Morgan fingerprint density at radius 2 is 0.825 bits per heavy atom. The summed E-state index contributed by atoms with van der Waals surface area (Å²) in [6.45, 7) is 17.6. The molecule has 0 spiro atoms. The molecule has 3 nitrogen and oxygen atoms in total. The van der Waals surface area contributed by atoms with Crippen molar-refractivity contribution in [1.82, 2.24) is 0 Å². The van der Waals surface area contributed by atoms with Crippen molar-refractivity contribution >= 4 is 11.6 Å². The average molecular weight is 787 g/mol. The molecule has 1 N–H and O–H groups in total. The number of phenolic OH excluding ortho intramolecular Hbond substituents is 1. The van der Waals surface area contributed by atoms with Crippen LogP contribution in [0, 0.1) is 11.8 Å². The summed E-state index contributed by atoms with van der Waals surface area (Å²) < 4.78 is 0. The van der Waals surface area contributed by atoms with E-state index in [1.54, 1.807) is 6.07 Å². The highest BCUT2D eigenvalue weighted by Gasteiger charge is 2.36. The van der Waals surface area contributed by atoms with Crippen LogP contribution in [0.4, 0.5) is 0 Å². The average Bonchev–Trinajstić information content (AvgIpc) is 3.17. The Morgan fingerprint density at radius 3 is 1.18 bits per heavy atom. The Balaban J connectivity index is 1.99. The zero-order valence-electron chi connectivity index (χ0n) is 38.8. The smallest absolute Gasteiger partial charge is 0.164 e. The molecule has 0 bridgehead atoms. The first-order valence-corrected chi connectivity index (χ1v) is 24.4. The van der Waals surface area contributed by atoms with Gasteiger partial charge >= 0.3 is 0 Å². The zero-order chi connectivity index (χ0) is 41.9. The topological polar surface area (TPSA) is 54.4 Å². The molecular formula is C54H90O3. The molecule has 0 unspecified atom stereocenters. The molecule has 0 amide bonds. The lowest BCUT2D eigenvalue weighted by Gasteiger charge is -2.31. The fraction of sp³-hybridized carbons (Fsp3) is 0.741. The van der Waals surface area contributed by atoms with Gasteiger partial charge in [0.25, 0.3) is 0 Å². The van der Waals surface area contributed by atoms with Crippen molar-refractivity contribution in [1.29, 1.82) is 0 Å². The predicted octanol–water partition coefficient (Wildman–Crippen LogP) is 17.4. The lowest BCUT2D eigenvalue weighted by molar-refractivity contribution is 0.0943. The highest BCUT2D eigenvalue weighted by molar-refractivity contribution is 6.11. The quantitative estimate of drug-likeness (QED) is 0.0559. The summed E-state index contributed by atoms with van der Waals surface area (Å²) in [6, 6.07) is 11.9. The van der Waals surface area contributed by atoms with Crippen LogP contribution in [0.2, 0.25) is 0 Å². The third kappa shape index (κ3) is 20.4. The van der Waals surface area contributed by atoms with Crippen molar-refractivity contribution in [3.63, 3.8) is 0 Å². The maximum Gasteiger partial charge on any atom is 0.164 e. The molecular weight excluding hydrogens is 697 g/mol. The number of phenols is 1. The van der Waals surface area contributed by atoms with Crippen LogP contribution in [0.5, 0.6) is 5.75 Å². The van der Waals surface area contributed by atoms with Crippen molar-refractivity contribution < 1.29 is 14.7 Å². The molecule has 0 saturated heterocycles. The molecule has 0 saturated carbocycles. The molecule has 2 aromatic carbocycles. The normalized spacial score (nSPS) is 12.1. The molecule has 0 aliphatic heterocycles. The lowest BCUT2D eigenvalue weighted by Crippen LogP contribution is -2.26. The predicted molar refractivity (Wildman–Crippen MR) is 248 cm³/mol. The Labute approximate surface area is 353 Å². The maximum atomic E-state index is 14.5. The highest BCUT2D eigenvalue weighted by Crippen LogP contribution is 2.44. The van der Waals surface area contributed by atoms with Crippen molar-refractivity contribution in [2.45, 2.75) is 247 Å². The fourth-order valence-electron chi connectivity index (χ4n) is 8.82. The SMILES string of the molecule is CC(C)CCCCCCCCCCCCCCC(=O)c1c(C(C)C)cc(O)c(C(C)(C)c2ccccc2)c1C(=O)CCCCCCCCCCCCCCC(C)C. The van der Waals surface area contributed by atoms with E-state index in [9.17, 15) is 14.7 Å². The molecule has 0 aromatic heterocycles. The van der Waals surface area contributed by atoms with Gasteiger partial charge in [-0.25, -0.2) is 0 Å². The molecule has 0 atom stereocenters. The Hall–Kier alpha value is -2.42. The lowest BCUT2D eigenvalue weighted by atomic mass is 9.71. The van der Waals surface area contributed by atoms with Gasteiger partial charge in [0.2, 0.25) is 0 Å². The molecule has 57 heavy (non-hydrogen) atoms. The summed E-state index contributed by atoms with van der Waals surface area (Å²) in [5.41, 5.74) is 2.87. The molecule has 0 heterocycles. The molecule has 0 fully saturated rings. The van der Waals surface area contributed by atoms with Crippen LogP contribution in [0.3, 0.4) is 0 Å². The number of rotatable bonds is 35. The van der Waals surface area contributed by atoms with E-state index in [2.05, 4.69) is 67.5 Å². The second kappa shape index (κ2) is 29.7. The van der Waals surface area contributed by atoms with E-state index in [0.29, 0.717) is 29.5 Å². The van der Waals surface area contributed by atoms with Crippen LogP contribution in [-0.2, 0) is 5.41 Å². The number of carbonyl (C=O) groups excluding carboxylic acids is 2. The van der Waals surface area contributed by atoms with Crippen LogP contribution in [-0.4, -0.2) is 16.7 Å². The maximum absolute atomic E-state index is 14.5. The summed E-state index contributed by atoms with van der Waals surface area (Å²) in [7, 11) is 0. The van der Waals surface area contributed by atoms with Crippen molar-refractivity contribution in [2.75, 3.05) is 0 Å². The Bertz CT molecular complexity index is 1350. The van der Waals surface area contributed by atoms with Crippen molar-refractivity contribution in [2.24, 2.45) is 11.8 Å². The minimum atomic E-state index is -0.650. The second-order valence-electron chi connectivity index (χ2n) is 19.5. The van der Waals surface area contributed by atoms with Gasteiger partial charge in [0.1, 0.15) is 5.75 Å². The van der Waals surface area contributed by atoms with Crippen molar-refractivity contribution in [3.05, 3.63) is 64.2 Å². The van der Waals surface area contributed by atoms with Gasteiger partial charge in [0.15, 0.2) is 11.6 Å². The third-order valence-electron chi connectivity index (χ3n) is 12.5. The fourth-order valence-corrected chi connectivity index (χ4v) is 8.82. The first-order valence-electron chi connectivity index (χ1n) is 24.4. The number of unbranched alkanes of at least 4 members (excludes halogenated alkanes) is 22. The Kier molecular flexibility index (Phi) is 26.5. The number of Topliss-reactive ketones (excluding diaryl/α,β-unsaturated/α-hetero) is 2. The summed E-state index contributed by atoms with van der Waals surface area (Å²) in [5, 5.41) is 11.7.